The predicted molar refractivity (Wildman–Crippen MR) is 335 cm³/mol. The largest absolute Gasteiger partial charge is 0.548 e. The SMILES string of the molecule is CC#CC#CC#CC#CC#CC#COP(OC#CC#CC#CC#CC#CC#CC)Oc1cc(C)c(C(CCC)c2cc(C)c(OP(OCCCCCCCCCCCCC)OCCCCCCCCCCCCC)cc2C)cc1C. The fraction of sp³-hybridized carbons (Fsp3) is 0.500. The smallest absolute Gasteiger partial charge is 0.426 e. The molecule has 418 valence electrons. The van der Waals surface area contributed by atoms with E-state index in [0.717, 1.165) is 66.5 Å². The standard InChI is InChI=1S/C72H84O6P2/c1-10-15-19-23-27-31-35-39-43-47-51-56-73-79(74-57-52-48-44-40-36-32-28-24-20-16-11-2)77-71-62-64(6)69(60-66(71)8)68(55-14-5)70-61-67(9)72(63-65(70)7)78-80(75-58-53-49-45-41-37-33-29-25-21-17-12-3)76-59-54-50-46-42-38-34-30-26-22-18-13-4/h60-63,68H,10-11,14-16,19-20,23-24,27-28,31-32,35-36,39-40,43-44,47-48,51-52,55-57H2,1-9H3. The molecule has 8 heteroatoms. The fourth-order valence-electron chi connectivity index (χ4n) is 8.25. The molecule has 0 aliphatic carbocycles. The maximum atomic E-state index is 6.68. The number of hydrogen-bond acceptors (Lipinski definition) is 6. The van der Waals surface area contributed by atoms with E-state index in [0.29, 0.717) is 19.0 Å². The number of unbranched alkanes of at least 4 members (excludes halogenated alkanes) is 20. The number of rotatable bonds is 36. The lowest BCUT2D eigenvalue weighted by Gasteiger charge is -2.25. The normalized spacial score (nSPS) is 9.69. The molecule has 0 spiro atoms. The van der Waals surface area contributed by atoms with E-state index in [1.54, 1.807) is 13.8 Å². The van der Waals surface area contributed by atoms with Crippen molar-refractivity contribution >= 4 is 17.2 Å². The van der Waals surface area contributed by atoms with Crippen molar-refractivity contribution in [2.24, 2.45) is 0 Å². The van der Waals surface area contributed by atoms with Crippen molar-refractivity contribution < 1.29 is 27.1 Å². The lowest BCUT2D eigenvalue weighted by atomic mass is 9.82. The molecule has 1 unspecified atom stereocenters. The van der Waals surface area contributed by atoms with Crippen LogP contribution in [0, 0.1) is 170 Å². The second-order valence-corrected chi connectivity index (χ2v) is 21.2. The summed E-state index contributed by atoms with van der Waals surface area (Å²) in [6.45, 7) is 19.9. The predicted octanol–water partition coefficient (Wildman–Crippen LogP) is 17.7. The van der Waals surface area contributed by atoms with Crippen LogP contribution in [0.3, 0.4) is 0 Å². The van der Waals surface area contributed by atoms with E-state index in [-0.39, 0.29) is 5.92 Å². The monoisotopic (exact) mass is 1110 g/mol. The first kappa shape index (κ1) is 69.2. The third-order valence-corrected chi connectivity index (χ3v) is 14.4. The van der Waals surface area contributed by atoms with Crippen LogP contribution in [0.4, 0.5) is 0 Å². The zero-order chi connectivity index (χ0) is 57.8. The maximum absolute atomic E-state index is 6.68. The lowest BCUT2D eigenvalue weighted by Crippen LogP contribution is -2.08. The van der Waals surface area contributed by atoms with Gasteiger partial charge in [-0.1, -0.05) is 180 Å². The minimum Gasteiger partial charge on any atom is -0.426 e. The molecule has 0 aliphatic rings. The number of aryl methyl sites for hydroxylation is 4. The Morgan fingerprint density at radius 3 is 0.963 bits per heavy atom. The van der Waals surface area contributed by atoms with Crippen LogP contribution >= 0.6 is 17.2 Å². The van der Waals surface area contributed by atoms with Gasteiger partial charge >= 0.3 is 17.2 Å². The Hall–Kier alpha value is -6.86. The fourth-order valence-corrected chi connectivity index (χ4v) is 10.1. The van der Waals surface area contributed by atoms with Crippen LogP contribution in [0.2, 0.25) is 0 Å². The van der Waals surface area contributed by atoms with Gasteiger partial charge in [0.15, 0.2) is 0 Å². The molecule has 0 fully saturated rings. The minimum absolute atomic E-state index is 0.120. The van der Waals surface area contributed by atoms with Gasteiger partial charge in [-0.2, -0.15) is 0 Å². The van der Waals surface area contributed by atoms with Gasteiger partial charge in [-0.15, -0.1) is 0 Å². The molecule has 2 aromatic rings. The van der Waals surface area contributed by atoms with Crippen LogP contribution in [-0.4, -0.2) is 13.2 Å². The molecule has 80 heavy (non-hydrogen) atoms. The topological polar surface area (TPSA) is 55.4 Å². The summed E-state index contributed by atoms with van der Waals surface area (Å²) in [5, 5.41) is 0. The Kier molecular flexibility index (Phi) is 42.6. The van der Waals surface area contributed by atoms with Gasteiger partial charge in [-0.05, 0) is 166 Å². The van der Waals surface area contributed by atoms with Crippen LogP contribution in [0.25, 0.3) is 0 Å². The number of benzene rings is 2. The molecule has 0 radical (unpaired) electrons. The summed E-state index contributed by atoms with van der Waals surface area (Å²) >= 11 is 0. The molecule has 0 saturated carbocycles. The summed E-state index contributed by atoms with van der Waals surface area (Å²) in [4.78, 5) is 0. The zero-order valence-electron chi connectivity index (χ0n) is 49.6. The Labute approximate surface area is 489 Å². The highest BCUT2D eigenvalue weighted by Gasteiger charge is 2.24. The molecule has 2 aromatic carbocycles. The Bertz CT molecular complexity index is 2830. The molecule has 0 amide bonds. The molecule has 0 aliphatic heterocycles. The first-order valence-corrected chi connectivity index (χ1v) is 31.1. The highest BCUT2D eigenvalue weighted by molar-refractivity contribution is 7.42. The Morgan fingerprint density at radius 2 is 0.637 bits per heavy atom. The van der Waals surface area contributed by atoms with E-state index in [9.17, 15) is 0 Å². The van der Waals surface area contributed by atoms with Crippen LogP contribution in [0.1, 0.15) is 228 Å². The second kappa shape index (κ2) is 49.2. The first-order valence-electron chi connectivity index (χ1n) is 28.9. The van der Waals surface area contributed by atoms with Crippen LogP contribution in [0.15, 0.2) is 24.3 Å². The average Bonchev–Trinajstić information content (AvgIpc) is 3.45. The molecule has 1 atom stereocenters. The minimum atomic E-state index is -2.15. The lowest BCUT2D eigenvalue weighted by molar-refractivity contribution is 0.198. The van der Waals surface area contributed by atoms with Gasteiger partial charge in [0.2, 0.25) is 0 Å². The molecule has 0 bridgehead atoms. The Balaban J connectivity index is 2.30. The van der Waals surface area contributed by atoms with Gasteiger partial charge in [0.1, 0.15) is 23.7 Å². The van der Waals surface area contributed by atoms with E-state index in [1.807, 2.05) is 13.0 Å². The van der Waals surface area contributed by atoms with Crippen molar-refractivity contribution in [3.63, 3.8) is 0 Å². The van der Waals surface area contributed by atoms with E-state index >= 15 is 0 Å². The molecule has 6 nitrogen and oxygen atoms in total. The second-order valence-electron chi connectivity index (χ2n) is 19.0. The van der Waals surface area contributed by atoms with E-state index in [4.69, 9.17) is 27.1 Å². The molecule has 0 heterocycles. The van der Waals surface area contributed by atoms with E-state index in [1.165, 1.54) is 127 Å². The molecule has 0 N–H and O–H groups in total. The van der Waals surface area contributed by atoms with Crippen LogP contribution in [0.5, 0.6) is 11.5 Å². The summed E-state index contributed by atoms with van der Waals surface area (Å²) in [6.07, 6.45) is 35.4. The molecular weight excluding hydrogens is 1020 g/mol. The van der Waals surface area contributed by atoms with E-state index < -0.39 is 17.2 Å². The summed E-state index contributed by atoms with van der Waals surface area (Å²) in [5.41, 5.74) is 6.60. The molecular formula is C72H84O6P2. The summed E-state index contributed by atoms with van der Waals surface area (Å²) in [6, 6.07) is 8.64. The van der Waals surface area contributed by atoms with Crippen LogP contribution < -0.4 is 9.05 Å². The Morgan fingerprint density at radius 1 is 0.338 bits per heavy atom. The van der Waals surface area contributed by atoms with E-state index in [2.05, 4.69) is 202 Å². The van der Waals surface area contributed by atoms with Gasteiger partial charge in [0, 0.05) is 65.1 Å². The zero-order valence-corrected chi connectivity index (χ0v) is 51.4. The highest BCUT2D eigenvalue weighted by atomic mass is 31.2. The summed E-state index contributed by atoms with van der Waals surface area (Å²) in [5.74, 6) is 58.8. The van der Waals surface area contributed by atoms with Gasteiger partial charge in [-0.25, -0.2) is 0 Å². The summed E-state index contributed by atoms with van der Waals surface area (Å²) in [7, 11) is -3.70. The van der Waals surface area contributed by atoms with Gasteiger partial charge in [-0.3, -0.25) is 0 Å². The van der Waals surface area contributed by atoms with Crippen molar-refractivity contribution in [2.75, 3.05) is 13.2 Å². The third-order valence-electron chi connectivity index (χ3n) is 12.4. The summed E-state index contributed by atoms with van der Waals surface area (Å²) < 4.78 is 37.3. The van der Waals surface area contributed by atoms with Gasteiger partial charge in [0.05, 0.1) is 13.2 Å². The average molecular weight is 1110 g/mol. The van der Waals surface area contributed by atoms with Gasteiger partial charge < -0.3 is 27.1 Å². The number of hydrogen-bond donors (Lipinski definition) is 0. The highest BCUT2D eigenvalue weighted by Crippen LogP contribution is 2.46. The molecule has 2 rings (SSSR count). The van der Waals surface area contributed by atoms with Crippen molar-refractivity contribution in [3.05, 3.63) is 57.6 Å². The third kappa shape index (κ3) is 34.9. The first-order chi connectivity index (χ1) is 39.3. The molecule has 0 saturated heterocycles. The van der Waals surface area contributed by atoms with Crippen molar-refractivity contribution in [1.82, 2.24) is 0 Å². The van der Waals surface area contributed by atoms with Gasteiger partial charge in [0.25, 0.3) is 0 Å². The van der Waals surface area contributed by atoms with Crippen LogP contribution in [-0.2, 0) is 18.1 Å². The van der Waals surface area contributed by atoms with Crippen molar-refractivity contribution in [2.45, 2.75) is 222 Å². The quantitative estimate of drug-likeness (QED) is 0.0385. The van der Waals surface area contributed by atoms with Crippen molar-refractivity contribution in [1.29, 1.82) is 0 Å². The maximum Gasteiger partial charge on any atom is 0.548 e. The molecule has 0 aromatic heterocycles. The van der Waals surface area contributed by atoms with Crippen molar-refractivity contribution in [3.8, 4) is 154 Å².